The van der Waals surface area contributed by atoms with E-state index >= 15 is 0 Å². The molecule has 7 aromatic rings. The van der Waals surface area contributed by atoms with Crippen molar-refractivity contribution >= 4 is 57.7 Å². The molecule has 5 heterocycles. The SMILES string of the molecule is Cc1cc(C)c(-c2c3nc(c(-c4c(C)cc(C)cc4C)c4ccc([nH]4)c(-c4c([N+](=O)[O-])cc(C(C)(C)C)cc4[N+](=O)[O-])c4nc(c(-c5c(C)cc(C)cc5C)c5ccc2[nH]5)C=C4)C=C3)c(C)c1. The van der Waals surface area contributed by atoms with Crippen LogP contribution in [0.3, 0.4) is 0 Å². The molecule has 2 N–H and O–H groups in total. The zero-order chi connectivity index (χ0) is 48.0. The topological polar surface area (TPSA) is 144 Å². The second-order valence-corrected chi connectivity index (χ2v) is 19.5. The third-order valence-electron chi connectivity index (χ3n) is 13.1. The summed E-state index contributed by atoms with van der Waals surface area (Å²) in [6.45, 7) is 24.6. The Morgan fingerprint density at radius 3 is 0.896 bits per heavy atom. The first kappa shape index (κ1) is 44.5. The van der Waals surface area contributed by atoms with Gasteiger partial charge in [-0.2, -0.15) is 0 Å². The van der Waals surface area contributed by atoms with Crippen LogP contribution in [-0.4, -0.2) is 29.8 Å². The largest absolute Gasteiger partial charge is 0.354 e. The Labute approximate surface area is 390 Å². The van der Waals surface area contributed by atoms with Gasteiger partial charge in [-0.1, -0.05) is 73.9 Å². The molecule has 10 nitrogen and oxygen atoms in total. The number of aryl methyl sites for hydroxylation is 9. The van der Waals surface area contributed by atoms with Crippen LogP contribution >= 0.6 is 0 Å². The van der Waals surface area contributed by atoms with Crippen molar-refractivity contribution in [1.29, 1.82) is 0 Å². The molecular formula is C57H54N6O4. The van der Waals surface area contributed by atoms with Gasteiger partial charge in [0.25, 0.3) is 11.4 Å². The number of nitrogens with zero attached hydrogens (tertiary/aromatic N) is 4. The molecule has 0 amide bonds. The number of nitro groups is 2. The number of rotatable bonds is 6. The summed E-state index contributed by atoms with van der Waals surface area (Å²) >= 11 is 0. The minimum absolute atomic E-state index is 0.130. The van der Waals surface area contributed by atoms with Crippen molar-refractivity contribution in [1.82, 2.24) is 19.9 Å². The van der Waals surface area contributed by atoms with E-state index in [1.165, 1.54) is 17.7 Å². The van der Waals surface area contributed by atoms with Crippen molar-refractivity contribution in [3.63, 3.8) is 0 Å². The summed E-state index contributed by atoms with van der Waals surface area (Å²) in [4.78, 5) is 43.9. The van der Waals surface area contributed by atoms with Crippen LogP contribution in [0.15, 0.2) is 72.8 Å². The zero-order valence-electron chi connectivity index (χ0n) is 40.2. The van der Waals surface area contributed by atoms with Crippen LogP contribution in [-0.2, 0) is 5.41 Å². The molecule has 0 spiro atoms. The molecule has 0 fully saturated rings. The van der Waals surface area contributed by atoms with E-state index in [-0.39, 0.29) is 22.5 Å². The van der Waals surface area contributed by atoms with Crippen LogP contribution < -0.4 is 0 Å². The highest BCUT2D eigenvalue weighted by atomic mass is 16.6. The Bertz CT molecular complexity index is 3400. The minimum atomic E-state index is -0.625. The maximum Gasteiger partial charge on any atom is 0.284 e. The van der Waals surface area contributed by atoms with E-state index in [2.05, 4.69) is 133 Å². The molecule has 336 valence electrons. The molecule has 10 heteroatoms. The fourth-order valence-corrected chi connectivity index (χ4v) is 10.6. The summed E-state index contributed by atoms with van der Waals surface area (Å²) in [5.41, 5.74) is 20.0. The van der Waals surface area contributed by atoms with E-state index in [0.29, 0.717) is 28.0 Å². The van der Waals surface area contributed by atoms with E-state index in [0.717, 1.165) is 100 Å². The van der Waals surface area contributed by atoms with Crippen LogP contribution in [0, 0.1) is 82.5 Å². The van der Waals surface area contributed by atoms with E-state index in [1.807, 2.05) is 45.1 Å². The quantitative estimate of drug-likeness (QED) is 0.126. The monoisotopic (exact) mass is 886 g/mol. The van der Waals surface area contributed by atoms with Gasteiger partial charge in [-0.15, -0.1) is 0 Å². The Morgan fingerprint density at radius 2 is 0.657 bits per heavy atom. The normalized spacial score (nSPS) is 12.3. The second-order valence-electron chi connectivity index (χ2n) is 19.5. The lowest BCUT2D eigenvalue weighted by molar-refractivity contribution is -0.392. The fourth-order valence-electron chi connectivity index (χ4n) is 10.6. The lowest BCUT2D eigenvalue weighted by Crippen LogP contribution is -2.13. The summed E-state index contributed by atoms with van der Waals surface area (Å²) in [6, 6.07) is 23.9. The van der Waals surface area contributed by atoms with Gasteiger partial charge in [0.05, 0.1) is 32.6 Å². The summed E-state index contributed by atoms with van der Waals surface area (Å²) in [5.74, 6) is 0. The van der Waals surface area contributed by atoms with Gasteiger partial charge in [0.15, 0.2) is 0 Å². The second kappa shape index (κ2) is 16.3. The average Bonchev–Trinajstić information content (AvgIpc) is 4.07. The zero-order valence-corrected chi connectivity index (χ0v) is 40.2. The summed E-state index contributed by atoms with van der Waals surface area (Å²) < 4.78 is 0. The van der Waals surface area contributed by atoms with Crippen LogP contribution in [0.25, 0.3) is 90.9 Å². The van der Waals surface area contributed by atoms with E-state index in [9.17, 15) is 20.2 Å². The van der Waals surface area contributed by atoms with E-state index in [1.54, 1.807) is 0 Å². The number of fused-ring (bicyclic) bond motifs is 8. The molecule has 0 saturated heterocycles. The summed E-state index contributed by atoms with van der Waals surface area (Å²) in [7, 11) is 0. The first-order valence-corrected chi connectivity index (χ1v) is 22.6. The molecule has 0 unspecified atom stereocenters. The van der Waals surface area contributed by atoms with Crippen molar-refractivity contribution in [2.45, 2.75) is 88.5 Å². The number of hydrogen-bond acceptors (Lipinski definition) is 6. The lowest BCUT2D eigenvalue weighted by atomic mass is 9.84. The van der Waals surface area contributed by atoms with Crippen molar-refractivity contribution in [2.24, 2.45) is 0 Å². The first-order chi connectivity index (χ1) is 31.7. The number of benzene rings is 4. The maximum absolute atomic E-state index is 13.3. The van der Waals surface area contributed by atoms with Crippen LogP contribution in [0.5, 0.6) is 0 Å². The summed E-state index contributed by atoms with van der Waals surface area (Å²) in [6.07, 6.45) is 7.86. The molecule has 9 rings (SSSR count). The van der Waals surface area contributed by atoms with Crippen LogP contribution in [0.2, 0.25) is 0 Å². The number of aromatic amines is 2. The highest BCUT2D eigenvalue weighted by Crippen LogP contribution is 2.47. The highest BCUT2D eigenvalue weighted by molar-refractivity contribution is 6.03. The van der Waals surface area contributed by atoms with Crippen LogP contribution in [0.4, 0.5) is 11.4 Å². The fraction of sp³-hybridized carbons (Fsp3) is 0.228. The van der Waals surface area contributed by atoms with Gasteiger partial charge in [-0.25, -0.2) is 9.97 Å². The predicted octanol–water partition coefficient (Wildman–Crippen LogP) is 15.2. The van der Waals surface area contributed by atoms with E-state index < -0.39 is 15.3 Å². The first-order valence-electron chi connectivity index (χ1n) is 22.6. The van der Waals surface area contributed by atoms with Gasteiger partial charge >= 0.3 is 0 Å². The van der Waals surface area contributed by atoms with Crippen LogP contribution in [0.1, 0.15) is 99.2 Å². The molecule has 3 aromatic heterocycles. The third-order valence-corrected chi connectivity index (χ3v) is 13.1. The Balaban J connectivity index is 1.57. The summed E-state index contributed by atoms with van der Waals surface area (Å²) in [5, 5.41) is 26.6. The number of H-pyrrole nitrogens is 2. The molecular weight excluding hydrogens is 833 g/mol. The van der Waals surface area contributed by atoms with Gasteiger partial charge < -0.3 is 9.97 Å². The predicted molar refractivity (Wildman–Crippen MR) is 275 cm³/mol. The average molecular weight is 887 g/mol. The Hall–Kier alpha value is -7.72. The Morgan fingerprint density at radius 1 is 0.403 bits per heavy atom. The lowest BCUT2D eigenvalue weighted by Gasteiger charge is -2.19. The molecule has 67 heavy (non-hydrogen) atoms. The molecule has 2 aliphatic rings. The molecule has 0 radical (unpaired) electrons. The van der Waals surface area contributed by atoms with Crippen molar-refractivity contribution in [3.05, 3.63) is 171 Å². The molecule has 0 aliphatic carbocycles. The third kappa shape index (κ3) is 7.76. The molecule has 8 bridgehead atoms. The highest BCUT2D eigenvalue weighted by Gasteiger charge is 2.34. The van der Waals surface area contributed by atoms with Gasteiger partial charge in [0, 0.05) is 56.5 Å². The number of nitrogens with one attached hydrogen (secondary N) is 2. The van der Waals surface area contributed by atoms with Gasteiger partial charge in [-0.05, 0) is 172 Å². The van der Waals surface area contributed by atoms with Gasteiger partial charge in [-0.3, -0.25) is 20.2 Å². The standard InChI is InChI=1S/C57H54N6O4/c1-29-21-32(4)49(33(5)22-29)52-39-13-15-41(58-39)53(50-34(6)23-30(2)24-35(50)7)43-17-19-45(60-43)55(56-47(62(64)65)27-38(57(10,11)12)28-48(56)63(66)67)46-20-18-44(61-46)54(42-16-14-40(52)59-42)51-36(8)25-31(3)26-37(51)9/h13-28,58,61H,1-12H3. The van der Waals surface area contributed by atoms with Crippen molar-refractivity contribution < 1.29 is 9.85 Å². The number of aromatic nitrogens is 4. The van der Waals surface area contributed by atoms with Gasteiger partial charge in [0.1, 0.15) is 5.56 Å². The smallest absolute Gasteiger partial charge is 0.284 e. The number of hydrogen-bond donors (Lipinski definition) is 2. The maximum atomic E-state index is 13.3. The molecule has 4 aromatic carbocycles. The van der Waals surface area contributed by atoms with Crippen molar-refractivity contribution in [2.75, 3.05) is 0 Å². The Kier molecular flexibility index (Phi) is 10.8. The van der Waals surface area contributed by atoms with Gasteiger partial charge in [0.2, 0.25) is 0 Å². The molecule has 0 atom stereocenters. The number of nitro benzene ring substituents is 2. The molecule has 0 saturated carbocycles. The molecule has 2 aliphatic heterocycles. The van der Waals surface area contributed by atoms with Crippen molar-refractivity contribution in [3.8, 4) is 44.5 Å². The minimum Gasteiger partial charge on any atom is -0.354 e. The van der Waals surface area contributed by atoms with E-state index in [4.69, 9.17) is 9.97 Å².